The summed E-state index contributed by atoms with van der Waals surface area (Å²) >= 11 is 0. The highest BCUT2D eigenvalue weighted by molar-refractivity contribution is 5.92. The predicted molar refractivity (Wildman–Crippen MR) is 69.5 cm³/mol. The van der Waals surface area contributed by atoms with Crippen LogP contribution in [0.5, 0.6) is 0 Å². The zero-order chi connectivity index (χ0) is 13.6. The Labute approximate surface area is 109 Å². The van der Waals surface area contributed by atoms with E-state index in [1.165, 1.54) is 0 Å². The molecule has 0 unspecified atom stereocenters. The van der Waals surface area contributed by atoms with Crippen LogP contribution >= 0.6 is 0 Å². The van der Waals surface area contributed by atoms with Gasteiger partial charge in [0.15, 0.2) is 0 Å². The van der Waals surface area contributed by atoms with Crippen LogP contribution in [0.15, 0.2) is 33.5 Å². The van der Waals surface area contributed by atoms with Crippen molar-refractivity contribution in [2.45, 2.75) is 19.8 Å². The van der Waals surface area contributed by atoms with Gasteiger partial charge in [0.25, 0.3) is 0 Å². The normalized spacial score (nSPS) is 12.7. The minimum Gasteiger partial charge on any atom is -0.477 e. The maximum atomic E-state index is 11.7. The van der Waals surface area contributed by atoms with E-state index in [-0.39, 0.29) is 5.56 Å². The molecular weight excluding hydrogens is 244 g/mol. The summed E-state index contributed by atoms with van der Waals surface area (Å²) in [6.45, 7) is 1.67. The van der Waals surface area contributed by atoms with Crippen molar-refractivity contribution in [1.82, 2.24) is 0 Å². The predicted octanol–water partition coefficient (Wildman–Crippen LogP) is 2.41. The van der Waals surface area contributed by atoms with E-state index in [1.807, 2.05) is 24.3 Å². The third-order valence-corrected chi connectivity index (χ3v) is 3.57. The first-order valence-electron chi connectivity index (χ1n) is 6.07. The largest absolute Gasteiger partial charge is 0.477 e. The van der Waals surface area contributed by atoms with Crippen LogP contribution in [0, 0.1) is 6.92 Å². The Bertz CT molecular complexity index is 740. The maximum absolute atomic E-state index is 11.7. The van der Waals surface area contributed by atoms with Gasteiger partial charge in [0, 0.05) is 12.0 Å². The highest BCUT2D eigenvalue weighted by Crippen LogP contribution is 2.35. The molecule has 1 aromatic carbocycles. The second-order valence-electron chi connectivity index (χ2n) is 4.65. The lowest BCUT2D eigenvalue weighted by Crippen LogP contribution is -2.20. The number of carbonyl (C=O) groups is 1. The summed E-state index contributed by atoms with van der Waals surface area (Å²) in [5.74, 6) is -0.650. The van der Waals surface area contributed by atoms with Gasteiger partial charge in [0.05, 0.1) is 0 Å². The average Bonchev–Trinajstić information content (AvgIpc) is 2.37. The molecule has 0 spiro atoms. The van der Waals surface area contributed by atoms with Crippen molar-refractivity contribution in [2.75, 3.05) is 0 Å². The lowest BCUT2D eigenvalue weighted by molar-refractivity contribution is 0.0690. The number of hydrogen-bond donors (Lipinski definition) is 1. The highest BCUT2D eigenvalue weighted by Gasteiger charge is 2.25. The molecule has 4 heteroatoms. The molecule has 0 atom stereocenters. The van der Waals surface area contributed by atoms with Crippen LogP contribution < -0.4 is 5.63 Å². The number of fused-ring (bicyclic) bond motifs is 3. The monoisotopic (exact) mass is 256 g/mol. The summed E-state index contributed by atoms with van der Waals surface area (Å²) < 4.78 is 5.19. The molecule has 4 nitrogen and oxygen atoms in total. The fourth-order valence-electron chi connectivity index (χ4n) is 2.71. The number of rotatable bonds is 1. The third-order valence-electron chi connectivity index (χ3n) is 3.57. The van der Waals surface area contributed by atoms with Crippen molar-refractivity contribution in [3.8, 4) is 11.1 Å². The third kappa shape index (κ3) is 1.68. The molecule has 0 amide bonds. The van der Waals surface area contributed by atoms with E-state index in [0.717, 1.165) is 23.1 Å². The number of hydrogen-bond acceptors (Lipinski definition) is 3. The Morgan fingerprint density at radius 1 is 1.26 bits per heavy atom. The highest BCUT2D eigenvalue weighted by atomic mass is 16.4. The minimum absolute atomic E-state index is 0.268. The minimum atomic E-state index is -1.24. The summed E-state index contributed by atoms with van der Waals surface area (Å²) in [4.78, 5) is 22.9. The van der Waals surface area contributed by atoms with E-state index < -0.39 is 11.6 Å². The molecule has 1 aliphatic carbocycles. The van der Waals surface area contributed by atoms with Gasteiger partial charge in [0.2, 0.25) is 0 Å². The molecule has 1 aliphatic rings. The molecule has 1 aromatic heterocycles. The molecule has 0 saturated heterocycles. The molecule has 0 radical (unpaired) electrons. The number of aryl methyl sites for hydroxylation is 2. The first-order valence-corrected chi connectivity index (χ1v) is 6.07. The van der Waals surface area contributed by atoms with Crippen LogP contribution in [0.25, 0.3) is 11.1 Å². The van der Waals surface area contributed by atoms with Gasteiger partial charge in [-0.1, -0.05) is 24.3 Å². The van der Waals surface area contributed by atoms with Crippen molar-refractivity contribution < 1.29 is 14.3 Å². The molecule has 19 heavy (non-hydrogen) atoms. The molecule has 0 aliphatic heterocycles. The van der Waals surface area contributed by atoms with Crippen LogP contribution in [0.2, 0.25) is 0 Å². The van der Waals surface area contributed by atoms with Crippen molar-refractivity contribution in [3.05, 3.63) is 57.1 Å². The molecule has 0 fully saturated rings. The van der Waals surface area contributed by atoms with Gasteiger partial charge in [-0.3, -0.25) is 0 Å². The fraction of sp³-hybridized carbons (Fsp3) is 0.200. The van der Waals surface area contributed by atoms with Crippen molar-refractivity contribution in [2.24, 2.45) is 0 Å². The summed E-state index contributed by atoms with van der Waals surface area (Å²) in [5.41, 5.74) is 2.35. The van der Waals surface area contributed by atoms with Crippen molar-refractivity contribution >= 4 is 5.97 Å². The summed E-state index contributed by atoms with van der Waals surface area (Å²) in [6.07, 6.45) is 1.43. The van der Waals surface area contributed by atoms with E-state index in [4.69, 9.17) is 9.52 Å². The van der Waals surface area contributed by atoms with Gasteiger partial charge in [-0.2, -0.15) is 0 Å². The van der Waals surface area contributed by atoms with E-state index in [2.05, 4.69) is 0 Å². The van der Waals surface area contributed by atoms with Gasteiger partial charge >= 0.3 is 11.6 Å². The van der Waals surface area contributed by atoms with E-state index >= 15 is 0 Å². The van der Waals surface area contributed by atoms with E-state index in [1.54, 1.807) is 6.92 Å². The zero-order valence-electron chi connectivity index (χ0n) is 10.4. The van der Waals surface area contributed by atoms with Gasteiger partial charge in [0.1, 0.15) is 11.3 Å². The van der Waals surface area contributed by atoms with Gasteiger partial charge in [-0.05, 0) is 30.0 Å². The maximum Gasteiger partial charge on any atom is 0.350 e. The van der Waals surface area contributed by atoms with Gasteiger partial charge in [-0.15, -0.1) is 0 Å². The smallest absolute Gasteiger partial charge is 0.350 e. The Kier molecular flexibility index (Phi) is 2.52. The lowest BCUT2D eigenvalue weighted by Gasteiger charge is -2.20. The molecular formula is C15H12O4. The molecule has 1 heterocycles. The van der Waals surface area contributed by atoms with Crippen LogP contribution in [0.4, 0.5) is 0 Å². The molecule has 1 N–H and O–H groups in total. The first-order chi connectivity index (χ1) is 9.09. The average molecular weight is 256 g/mol. The Morgan fingerprint density at radius 3 is 2.74 bits per heavy atom. The van der Waals surface area contributed by atoms with Crippen LogP contribution in [0.3, 0.4) is 0 Å². The molecule has 2 aromatic rings. The number of carboxylic acids is 1. The van der Waals surface area contributed by atoms with Crippen molar-refractivity contribution in [3.63, 3.8) is 0 Å². The van der Waals surface area contributed by atoms with Gasteiger partial charge < -0.3 is 9.52 Å². The Hall–Kier alpha value is -2.36. The van der Waals surface area contributed by atoms with Gasteiger partial charge in [-0.25, -0.2) is 9.59 Å². The SMILES string of the molecule is Cc1c2c(oc(=O)c1C(=O)O)CCc1ccccc1-2. The van der Waals surface area contributed by atoms with E-state index in [9.17, 15) is 9.59 Å². The Balaban J connectivity index is 2.39. The lowest BCUT2D eigenvalue weighted by atomic mass is 9.86. The zero-order valence-corrected chi connectivity index (χ0v) is 10.4. The van der Waals surface area contributed by atoms with Crippen LogP contribution in [-0.4, -0.2) is 11.1 Å². The first kappa shape index (κ1) is 11.7. The molecule has 0 saturated carbocycles. The number of benzene rings is 1. The number of carboxylic acid groups (broad SMARTS) is 1. The molecule has 96 valence electrons. The van der Waals surface area contributed by atoms with Crippen LogP contribution in [-0.2, 0) is 12.8 Å². The summed E-state index contributed by atoms with van der Waals surface area (Å²) in [5, 5.41) is 9.14. The Morgan fingerprint density at radius 2 is 2.00 bits per heavy atom. The summed E-state index contributed by atoms with van der Waals surface area (Å²) in [6, 6.07) is 7.81. The van der Waals surface area contributed by atoms with E-state index in [0.29, 0.717) is 17.7 Å². The second kappa shape index (κ2) is 4.09. The molecule has 3 rings (SSSR count). The topological polar surface area (TPSA) is 67.5 Å². The standard InChI is InChI=1S/C15H12O4/c1-8-12-10-5-3-2-4-9(10)6-7-11(12)19-15(18)13(8)14(16)17/h2-5H,6-7H2,1H3,(H,16,17). The summed E-state index contributed by atoms with van der Waals surface area (Å²) in [7, 11) is 0. The molecule has 0 bridgehead atoms. The van der Waals surface area contributed by atoms with Crippen molar-refractivity contribution in [1.29, 1.82) is 0 Å². The number of aromatic carboxylic acids is 1. The quantitative estimate of drug-likeness (QED) is 0.850. The second-order valence-corrected chi connectivity index (χ2v) is 4.65. The van der Waals surface area contributed by atoms with Crippen LogP contribution in [0.1, 0.15) is 27.2 Å². The fourth-order valence-corrected chi connectivity index (χ4v) is 2.71.